The van der Waals surface area contributed by atoms with Gasteiger partial charge < -0.3 is 20.3 Å². The molecule has 0 fully saturated rings. The van der Waals surface area contributed by atoms with Crippen LogP contribution in [0.15, 0.2) is 66.7 Å². The van der Waals surface area contributed by atoms with Crippen molar-refractivity contribution in [2.24, 2.45) is 0 Å². The molecule has 0 heterocycles. The summed E-state index contributed by atoms with van der Waals surface area (Å²) in [6, 6.07) is 18.8. The van der Waals surface area contributed by atoms with E-state index in [-0.39, 0.29) is 18.2 Å². The summed E-state index contributed by atoms with van der Waals surface area (Å²) in [5.74, 6) is -0.759. The maximum atomic E-state index is 14.6. The Labute approximate surface area is 261 Å². The van der Waals surface area contributed by atoms with E-state index in [1.54, 1.807) is 31.7 Å². The largest absolute Gasteiger partial charge is 0.444 e. The Bertz CT molecular complexity index is 1400. The smallest absolute Gasteiger partial charge is 0.408 e. The van der Waals surface area contributed by atoms with Gasteiger partial charge in [-0.15, -0.1) is 0 Å². The van der Waals surface area contributed by atoms with Crippen LogP contribution in [0.4, 0.5) is 10.5 Å². The van der Waals surface area contributed by atoms with Crippen LogP contribution < -0.4 is 10.6 Å². The van der Waals surface area contributed by atoms with E-state index in [2.05, 4.69) is 10.6 Å². The van der Waals surface area contributed by atoms with E-state index in [9.17, 15) is 14.4 Å². The van der Waals surface area contributed by atoms with Crippen LogP contribution in [-0.2, 0) is 20.7 Å². The number of anilines is 1. The molecule has 2 unspecified atom stereocenters. The molecule has 2 atom stereocenters. The van der Waals surface area contributed by atoms with Gasteiger partial charge in [-0.2, -0.15) is 0 Å². The van der Waals surface area contributed by atoms with Gasteiger partial charge in [0.15, 0.2) is 0 Å². The second-order valence-electron chi connectivity index (χ2n) is 12.0. The number of nitrogens with one attached hydrogen (secondary N) is 2. The average molecular weight is 606 g/mol. The molecule has 0 aliphatic heterocycles. The summed E-state index contributed by atoms with van der Waals surface area (Å²) in [5, 5.41) is 6.24. The molecule has 43 heavy (non-hydrogen) atoms. The molecule has 0 spiro atoms. The van der Waals surface area contributed by atoms with Gasteiger partial charge in [0.1, 0.15) is 17.7 Å². The number of halogens is 1. The monoisotopic (exact) mass is 605 g/mol. The molecule has 3 aromatic rings. The average Bonchev–Trinajstić information content (AvgIpc) is 2.93. The molecule has 8 heteroatoms. The summed E-state index contributed by atoms with van der Waals surface area (Å²) >= 11 is 6.50. The number of carbonyl (C=O) groups excluding carboxylic acids is 3. The lowest BCUT2D eigenvalue weighted by molar-refractivity contribution is -0.140. The molecule has 0 aromatic heterocycles. The fourth-order valence-corrected chi connectivity index (χ4v) is 5.15. The number of nitrogens with zero attached hydrogens (tertiary/aromatic N) is 1. The van der Waals surface area contributed by atoms with Crippen molar-refractivity contribution < 1.29 is 19.1 Å². The Morgan fingerprint density at radius 1 is 0.930 bits per heavy atom. The Hall–Kier alpha value is -3.84. The van der Waals surface area contributed by atoms with Gasteiger partial charge in [0.2, 0.25) is 5.91 Å². The number of aryl methyl sites for hydroxylation is 3. The van der Waals surface area contributed by atoms with Crippen LogP contribution in [0.5, 0.6) is 0 Å². The molecule has 0 radical (unpaired) electrons. The standard InChI is InChI=1S/C35H44ClN3O4/c1-8-9-20-39(33(41)29(22-26-15-11-10-12-16-26)37-34(42)43-35(5,6)7)31(27-21-23(2)18-19-24(27)3)32(40)38-30-25(4)14-13-17-28(30)36/h10-19,21,29,31H,8-9,20,22H2,1-7H3,(H,37,42)(H,38,40). The molecule has 2 N–H and O–H groups in total. The molecule has 0 saturated heterocycles. The highest BCUT2D eigenvalue weighted by molar-refractivity contribution is 6.34. The number of unbranched alkanes of at least 4 members (excludes halogenated alkanes) is 1. The van der Waals surface area contributed by atoms with Gasteiger partial charge in [0.05, 0.1) is 10.7 Å². The van der Waals surface area contributed by atoms with Crippen LogP contribution in [0.1, 0.15) is 74.4 Å². The third-order valence-electron chi connectivity index (χ3n) is 7.07. The number of ether oxygens (including phenoxy) is 1. The Morgan fingerprint density at radius 2 is 1.63 bits per heavy atom. The van der Waals surface area contributed by atoms with Crippen molar-refractivity contribution in [3.63, 3.8) is 0 Å². The normalized spacial score (nSPS) is 12.7. The van der Waals surface area contributed by atoms with Gasteiger partial charge >= 0.3 is 6.09 Å². The number of carbonyl (C=O) groups is 3. The number of hydrogen-bond acceptors (Lipinski definition) is 4. The SMILES string of the molecule is CCCCN(C(=O)C(Cc1ccccc1)NC(=O)OC(C)(C)C)C(C(=O)Nc1c(C)cccc1Cl)c1cc(C)ccc1C. The highest BCUT2D eigenvalue weighted by Gasteiger charge is 2.37. The predicted molar refractivity (Wildman–Crippen MR) is 173 cm³/mol. The Morgan fingerprint density at radius 3 is 2.26 bits per heavy atom. The summed E-state index contributed by atoms with van der Waals surface area (Å²) in [6.07, 6.45) is 0.997. The van der Waals surface area contributed by atoms with Crippen LogP contribution in [0.25, 0.3) is 0 Å². The summed E-state index contributed by atoms with van der Waals surface area (Å²) in [4.78, 5) is 43.5. The highest BCUT2D eigenvalue weighted by Crippen LogP contribution is 2.31. The third-order valence-corrected chi connectivity index (χ3v) is 7.38. The van der Waals surface area contributed by atoms with Crippen LogP contribution >= 0.6 is 11.6 Å². The molecule has 0 saturated carbocycles. The maximum absolute atomic E-state index is 14.6. The Balaban J connectivity index is 2.12. The molecular weight excluding hydrogens is 562 g/mol. The van der Waals surface area contributed by atoms with Gasteiger partial charge in [-0.1, -0.05) is 91.2 Å². The minimum Gasteiger partial charge on any atom is -0.444 e. The van der Waals surface area contributed by atoms with Crippen molar-refractivity contribution in [3.8, 4) is 0 Å². The number of rotatable bonds is 11. The Kier molecular flexibility index (Phi) is 11.8. The number of para-hydroxylation sites is 1. The highest BCUT2D eigenvalue weighted by atomic mass is 35.5. The summed E-state index contributed by atoms with van der Waals surface area (Å²) < 4.78 is 5.53. The second-order valence-corrected chi connectivity index (χ2v) is 12.4. The molecular formula is C35H44ClN3O4. The first kappa shape index (κ1) is 33.7. The van der Waals surface area contributed by atoms with Crippen molar-refractivity contribution >= 4 is 35.2 Å². The first-order chi connectivity index (χ1) is 20.3. The molecule has 3 amide bonds. The van der Waals surface area contributed by atoms with E-state index in [0.29, 0.717) is 29.2 Å². The summed E-state index contributed by atoms with van der Waals surface area (Å²) in [7, 11) is 0. The summed E-state index contributed by atoms with van der Waals surface area (Å²) in [5.41, 5.74) is 3.97. The number of benzene rings is 3. The van der Waals surface area contributed by atoms with Crippen LogP contribution in [-0.4, -0.2) is 41.0 Å². The zero-order chi connectivity index (χ0) is 31.7. The van der Waals surface area contributed by atoms with Crippen molar-refractivity contribution in [1.82, 2.24) is 10.2 Å². The molecule has 0 aliphatic rings. The predicted octanol–water partition coefficient (Wildman–Crippen LogP) is 7.71. The van der Waals surface area contributed by atoms with Crippen molar-refractivity contribution in [2.45, 2.75) is 85.4 Å². The molecule has 0 aliphatic carbocycles. The van der Waals surface area contributed by atoms with Gasteiger partial charge in [0.25, 0.3) is 5.91 Å². The fraction of sp³-hybridized carbons (Fsp3) is 0.400. The van der Waals surface area contributed by atoms with Crippen LogP contribution in [0, 0.1) is 20.8 Å². The van der Waals surface area contributed by atoms with E-state index < -0.39 is 23.8 Å². The van der Waals surface area contributed by atoms with Gasteiger partial charge in [-0.05, 0) is 76.3 Å². The topological polar surface area (TPSA) is 87.7 Å². The lowest BCUT2D eigenvalue weighted by atomic mass is 9.95. The molecule has 3 aromatic carbocycles. The van der Waals surface area contributed by atoms with Crippen molar-refractivity contribution in [2.75, 3.05) is 11.9 Å². The van der Waals surface area contributed by atoms with Crippen molar-refractivity contribution in [3.05, 3.63) is 99.6 Å². The lowest BCUT2D eigenvalue weighted by Gasteiger charge is -2.35. The van der Waals surface area contributed by atoms with Gasteiger partial charge in [-0.25, -0.2) is 4.79 Å². The van der Waals surface area contributed by atoms with Crippen LogP contribution in [0.2, 0.25) is 5.02 Å². The van der Waals surface area contributed by atoms with Gasteiger partial charge in [0, 0.05) is 13.0 Å². The molecule has 7 nitrogen and oxygen atoms in total. The van der Waals surface area contributed by atoms with E-state index in [4.69, 9.17) is 16.3 Å². The van der Waals surface area contributed by atoms with E-state index >= 15 is 0 Å². The number of hydrogen-bond donors (Lipinski definition) is 2. The summed E-state index contributed by atoms with van der Waals surface area (Å²) in [6.45, 7) is 13.4. The van der Waals surface area contributed by atoms with E-state index in [1.807, 2.05) is 88.4 Å². The molecule has 230 valence electrons. The minimum atomic E-state index is -0.978. The third kappa shape index (κ3) is 9.58. The van der Waals surface area contributed by atoms with Gasteiger partial charge in [-0.3, -0.25) is 9.59 Å². The number of alkyl carbamates (subject to hydrolysis) is 1. The first-order valence-corrected chi connectivity index (χ1v) is 15.2. The lowest BCUT2D eigenvalue weighted by Crippen LogP contribution is -2.53. The zero-order valence-electron chi connectivity index (χ0n) is 26.3. The van der Waals surface area contributed by atoms with E-state index in [0.717, 1.165) is 28.7 Å². The van der Waals surface area contributed by atoms with Crippen LogP contribution in [0.3, 0.4) is 0 Å². The molecule has 3 rings (SSSR count). The van der Waals surface area contributed by atoms with Crippen molar-refractivity contribution in [1.29, 1.82) is 0 Å². The minimum absolute atomic E-state index is 0.228. The fourth-order valence-electron chi connectivity index (χ4n) is 4.88. The second kappa shape index (κ2) is 15.1. The van der Waals surface area contributed by atoms with E-state index in [1.165, 1.54) is 0 Å². The zero-order valence-corrected chi connectivity index (χ0v) is 27.0. The quantitative estimate of drug-likeness (QED) is 0.234. The maximum Gasteiger partial charge on any atom is 0.408 e. The molecule has 0 bridgehead atoms. The number of amides is 3. The first-order valence-electron chi connectivity index (χ1n) is 14.8.